The molecular formula is C24H39NO3S. The van der Waals surface area contributed by atoms with E-state index in [1.54, 1.807) is 21.3 Å². The molecule has 1 aromatic carbocycles. The summed E-state index contributed by atoms with van der Waals surface area (Å²) in [5, 5.41) is 2.05. The van der Waals surface area contributed by atoms with Crippen LogP contribution in [-0.4, -0.2) is 25.7 Å². The van der Waals surface area contributed by atoms with E-state index in [1.165, 1.54) is 11.5 Å². The van der Waals surface area contributed by atoms with Crippen LogP contribution in [0.25, 0.3) is 16.8 Å². The summed E-state index contributed by atoms with van der Waals surface area (Å²) in [6.07, 6.45) is 6.10. The van der Waals surface area contributed by atoms with Gasteiger partial charge in [-0.3, -0.25) is 0 Å². The first-order valence-corrected chi connectivity index (χ1v) is 11.0. The molecule has 5 heteroatoms. The predicted octanol–water partition coefficient (Wildman–Crippen LogP) is 7.89. The fourth-order valence-electron chi connectivity index (χ4n) is 2.27. The molecule has 0 aliphatic carbocycles. The summed E-state index contributed by atoms with van der Waals surface area (Å²) in [5.41, 5.74) is 4.10. The number of nitrogens with zero attached hydrogens (tertiary/aromatic N) is 1. The highest BCUT2D eigenvalue weighted by Crippen LogP contribution is 2.42. The molecule has 2 aromatic rings. The molecule has 0 fully saturated rings. The van der Waals surface area contributed by atoms with Gasteiger partial charge in [0.25, 0.3) is 0 Å². The van der Waals surface area contributed by atoms with Gasteiger partial charge in [0.1, 0.15) is 0 Å². The minimum absolute atomic E-state index is 0.580. The molecule has 0 aliphatic heterocycles. The molecule has 164 valence electrons. The minimum Gasteiger partial charge on any atom is -0.493 e. The van der Waals surface area contributed by atoms with Crippen LogP contribution < -0.4 is 14.2 Å². The van der Waals surface area contributed by atoms with Gasteiger partial charge in [-0.25, -0.2) is 0 Å². The summed E-state index contributed by atoms with van der Waals surface area (Å²) >= 11 is 1.43. The van der Waals surface area contributed by atoms with Gasteiger partial charge in [-0.2, -0.15) is 4.37 Å². The second-order valence-corrected chi connectivity index (χ2v) is 5.50. The van der Waals surface area contributed by atoms with Crippen LogP contribution >= 0.6 is 11.5 Å². The van der Waals surface area contributed by atoms with Crippen LogP contribution in [0.5, 0.6) is 17.2 Å². The van der Waals surface area contributed by atoms with Gasteiger partial charge in [0.2, 0.25) is 5.75 Å². The minimum atomic E-state index is 0.580. The molecule has 0 saturated carbocycles. The molecule has 1 heterocycles. The molecule has 29 heavy (non-hydrogen) atoms. The summed E-state index contributed by atoms with van der Waals surface area (Å²) in [6, 6.07) is 3.84. The lowest BCUT2D eigenvalue weighted by atomic mass is 10.0. The van der Waals surface area contributed by atoms with Crippen LogP contribution in [0.2, 0.25) is 0 Å². The van der Waals surface area contributed by atoms with Crippen LogP contribution in [0.1, 0.15) is 61.0 Å². The van der Waals surface area contributed by atoms with E-state index in [1.807, 2.05) is 78.1 Å². The summed E-state index contributed by atoms with van der Waals surface area (Å²) in [4.78, 5) is 0. The maximum Gasteiger partial charge on any atom is 0.203 e. The standard InChI is InChI=1S/C18H21NO3S.3C2H6/c1-6-7-8-12(2)14-11-23-19-17(14)13-9-15(20-3)18(22-5)16(10-13)21-4;3*1-2/h6-11H,1-5H3;3*1-2H3/b7-6-,12-8+;;;. The molecule has 0 saturated heterocycles. The summed E-state index contributed by atoms with van der Waals surface area (Å²) in [7, 11) is 4.82. The smallest absolute Gasteiger partial charge is 0.203 e. The Kier molecular flexibility index (Phi) is 17.8. The Labute approximate surface area is 182 Å². The van der Waals surface area contributed by atoms with Gasteiger partial charge in [-0.05, 0) is 43.1 Å². The van der Waals surface area contributed by atoms with Gasteiger partial charge in [-0.1, -0.05) is 59.8 Å². The molecule has 0 aliphatic rings. The fraction of sp³-hybridized carbons (Fsp3) is 0.458. The molecule has 4 nitrogen and oxygen atoms in total. The Morgan fingerprint density at radius 1 is 0.897 bits per heavy atom. The molecule has 0 N–H and O–H groups in total. The quantitative estimate of drug-likeness (QED) is 0.445. The largest absolute Gasteiger partial charge is 0.493 e. The van der Waals surface area contributed by atoms with Crippen molar-refractivity contribution in [3.8, 4) is 28.5 Å². The first-order valence-electron chi connectivity index (χ1n) is 10.2. The Hall–Kier alpha value is -2.27. The van der Waals surface area contributed by atoms with Crippen molar-refractivity contribution < 1.29 is 14.2 Å². The number of ether oxygens (including phenoxy) is 3. The molecule has 0 unspecified atom stereocenters. The summed E-state index contributed by atoms with van der Waals surface area (Å²) < 4.78 is 20.8. The molecule has 0 bridgehead atoms. The average molecular weight is 422 g/mol. The van der Waals surface area contributed by atoms with Crippen LogP contribution in [0.4, 0.5) is 0 Å². The van der Waals surface area contributed by atoms with Crippen LogP contribution in [0.15, 0.2) is 35.7 Å². The van der Waals surface area contributed by atoms with Crippen molar-refractivity contribution in [3.05, 3.63) is 41.3 Å². The Bertz CT molecular complexity index is 708. The highest BCUT2D eigenvalue weighted by molar-refractivity contribution is 7.04. The monoisotopic (exact) mass is 421 g/mol. The fourth-order valence-corrected chi connectivity index (χ4v) is 3.04. The third-order valence-electron chi connectivity index (χ3n) is 3.47. The summed E-state index contributed by atoms with van der Waals surface area (Å²) in [5.74, 6) is 1.82. The normalized spacial score (nSPS) is 9.97. The van der Waals surface area contributed by atoms with Gasteiger partial charge < -0.3 is 14.2 Å². The van der Waals surface area contributed by atoms with E-state index < -0.39 is 0 Å². The van der Waals surface area contributed by atoms with E-state index in [-0.39, 0.29) is 0 Å². The third kappa shape index (κ3) is 8.32. The van der Waals surface area contributed by atoms with E-state index in [2.05, 4.69) is 17.4 Å². The molecule has 0 radical (unpaired) electrons. The molecule has 2 rings (SSSR count). The lowest BCUT2D eigenvalue weighted by Gasteiger charge is -2.14. The van der Waals surface area contributed by atoms with E-state index in [0.717, 1.165) is 22.4 Å². The Morgan fingerprint density at radius 3 is 1.83 bits per heavy atom. The van der Waals surface area contributed by atoms with E-state index in [4.69, 9.17) is 14.2 Å². The van der Waals surface area contributed by atoms with Crippen molar-refractivity contribution in [2.75, 3.05) is 21.3 Å². The topological polar surface area (TPSA) is 40.6 Å². The van der Waals surface area contributed by atoms with Gasteiger partial charge in [-0.15, -0.1) is 0 Å². The molecule has 0 atom stereocenters. The SMILES string of the molecule is C/C=C\C=C(/C)c1csnc1-c1cc(OC)c(OC)c(OC)c1.CC.CC.CC. The van der Waals surface area contributed by atoms with E-state index in [0.29, 0.717) is 17.2 Å². The van der Waals surface area contributed by atoms with Crippen molar-refractivity contribution >= 4 is 17.1 Å². The highest BCUT2D eigenvalue weighted by Gasteiger charge is 2.17. The second-order valence-electron chi connectivity index (χ2n) is 4.87. The van der Waals surface area contributed by atoms with Crippen LogP contribution in [-0.2, 0) is 0 Å². The molecule has 1 aromatic heterocycles. The maximum absolute atomic E-state index is 5.43. The number of allylic oxidation sites excluding steroid dienone is 4. The molecule has 0 amide bonds. The number of aromatic nitrogens is 1. The Morgan fingerprint density at radius 2 is 1.41 bits per heavy atom. The lowest BCUT2D eigenvalue weighted by Crippen LogP contribution is -1.96. The van der Waals surface area contributed by atoms with Gasteiger partial charge >= 0.3 is 0 Å². The van der Waals surface area contributed by atoms with E-state index in [9.17, 15) is 0 Å². The second kappa shape index (κ2) is 17.8. The maximum atomic E-state index is 5.43. The number of methoxy groups -OCH3 is 3. The van der Waals surface area contributed by atoms with Gasteiger partial charge in [0.15, 0.2) is 11.5 Å². The molecule has 0 spiro atoms. The zero-order valence-electron chi connectivity index (χ0n) is 20.0. The zero-order chi connectivity index (χ0) is 22.8. The van der Waals surface area contributed by atoms with Gasteiger partial charge in [0, 0.05) is 16.5 Å². The van der Waals surface area contributed by atoms with E-state index >= 15 is 0 Å². The van der Waals surface area contributed by atoms with Crippen molar-refractivity contribution in [1.82, 2.24) is 4.37 Å². The number of rotatable bonds is 6. The van der Waals surface area contributed by atoms with Crippen molar-refractivity contribution in [3.63, 3.8) is 0 Å². The molecular weight excluding hydrogens is 382 g/mol. The highest BCUT2D eigenvalue weighted by atomic mass is 32.1. The van der Waals surface area contributed by atoms with Crippen LogP contribution in [0.3, 0.4) is 0 Å². The van der Waals surface area contributed by atoms with Crippen molar-refractivity contribution in [2.45, 2.75) is 55.4 Å². The van der Waals surface area contributed by atoms with Crippen molar-refractivity contribution in [1.29, 1.82) is 0 Å². The first kappa shape index (κ1) is 28.9. The average Bonchev–Trinajstić information content (AvgIpc) is 3.30. The van der Waals surface area contributed by atoms with Gasteiger partial charge in [0.05, 0.1) is 27.0 Å². The zero-order valence-corrected chi connectivity index (χ0v) is 20.9. The Balaban J connectivity index is 0. The third-order valence-corrected chi connectivity index (χ3v) is 4.10. The number of benzene rings is 1. The number of hydrogen-bond acceptors (Lipinski definition) is 5. The lowest BCUT2D eigenvalue weighted by molar-refractivity contribution is 0.324. The summed E-state index contributed by atoms with van der Waals surface area (Å²) in [6.45, 7) is 16.1. The first-order chi connectivity index (χ1) is 14.2. The van der Waals surface area contributed by atoms with Crippen molar-refractivity contribution in [2.24, 2.45) is 0 Å². The number of hydrogen-bond donors (Lipinski definition) is 0. The predicted molar refractivity (Wildman–Crippen MR) is 130 cm³/mol. The van der Waals surface area contributed by atoms with Crippen LogP contribution in [0, 0.1) is 0 Å².